The van der Waals surface area contributed by atoms with Crippen LogP contribution in [0.15, 0.2) is 12.1 Å². The van der Waals surface area contributed by atoms with E-state index in [0.717, 1.165) is 12.1 Å². The van der Waals surface area contributed by atoms with Gasteiger partial charge in [0.25, 0.3) is 0 Å². The number of hydrogen-bond acceptors (Lipinski definition) is 3. The first kappa shape index (κ1) is 15.2. The highest BCUT2D eigenvalue weighted by molar-refractivity contribution is 6.32. The number of rotatable bonds is 6. The second-order valence-corrected chi connectivity index (χ2v) is 4.59. The van der Waals surface area contributed by atoms with E-state index in [-0.39, 0.29) is 5.91 Å². The summed E-state index contributed by atoms with van der Waals surface area (Å²) < 4.78 is 0. The Balaban J connectivity index is 2.65. The zero-order valence-corrected chi connectivity index (χ0v) is 12.1. The van der Waals surface area contributed by atoms with Crippen molar-refractivity contribution >= 4 is 29.1 Å². The zero-order chi connectivity index (χ0) is 13.5. The first-order valence-corrected chi connectivity index (χ1v) is 6.62. The summed E-state index contributed by atoms with van der Waals surface area (Å²) >= 11 is 11.7. The summed E-state index contributed by atoms with van der Waals surface area (Å²) in [4.78, 5) is 17.5. The van der Waals surface area contributed by atoms with Crippen LogP contribution < -0.4 is 5.32 Å². The Bertz CT molecular complexity index is 412. The van der Waals surface area contributed by atoms with E-state index < -0.39 is 0 Å². The van der Waals surface area contributed by atoms with Crippen LogP contribution in [0.25, 0.3) is 0 Å². The van der Waals surface area contributed by atoms with Gasteiger partial charge in [-0.15, -0.1) is 0 Å². The number of carbonyl (C=O) groups excluding carboxylic acids is 1. The van der Waals surface area contributed by atoms with Crippen molar-refractivity contribution in [3.8, 4) is 0 Å². The molecule has 0 saturated carbocycles. The van der Waals surface area contributed by atoms with Gasteiger partial charge in [0.1, 0.15) is 10.3 Å². The standard InChI is InChI=1S/C12H17Cl2N3O/c1-3-15-11(18)8-17(4-2)7-9-5-6-10(13)16-12(9)14/h5-6H,3-4,7-8H2,1-2H3,(H,15,18). The number of amides is 1. The summed E-state index contributed by atoms with van der Waals surface area (Å²) in [5.41, 5.74) is 0.868. The van der Waals surface area contributed by atoms with Gasteiger partial charge in [-0.3, -0.25) is 9.69 Å². The van der Waals surface area contributed by atoms with Gasteiger partial charge in [0, 0.05) is 18.7 Å². The van der Waals surface area contributed by atoms with Crippen LogP contribution in [0.1, 0.15) is 19.4 Å². The third-order valence-corrected chi connectivity index (χ3v) is 3.01. The van der Waals surface area contributed by atoms with Crippen LogP contribution >= 0.6 is 23.2 Å². The van der Waals surface area contributed by atoms with E-state index in [9.17, 15) is 4.79 Å². The Morgan fingerprint density at radius 2 is 2.11 bits per heavy atom. The van der Waals surface area contributed by atoms with Crippen LogP contribution in [0.5, 0.6) is 0 Å². The molecule has 18 heavy (non-hydrogen) atoms. The number of nitrogens with one attached hydrogen (secondary N) is 1. The number of aromatic nitrogens is 1. The molecule has 1 rings (SSSR count). The highest BCUT2D eigenvalue weighted by atomic mass is 35.5. The van der Waals surface area contributed by atoms with Crippen molar-refractivity contribution in [3.05, 3.63) is 28.0 Å². The van der Waals surface area contributed by atoms with Crippen molar-refractivity contribution in [1.29, 1.82) is 0 Å². The molecule has 1 aromatic rings. The molecular weight excluding hydrogens is 273 g/mol. The van der Waals surface area contributed by atoms with Crippen LogP contribution in [0.4, 0.5) is 0 Å². The molecule has 0 bridgehead atoms. The van der Waals surface area contributed by atoms with Crippen molar-refractivity contribution in [2.45, 2.75) is 20.4 Å². The number of carbonyl (C=O) groups is 1. The molecule has 0 unspecified atom stereocenters. The largest absolute Gasteiger partial charge is 0.355 e. The Kier molecular flexibility index (Phi) is 6.39. The van der Waals surface area contributed by atoms with Gasteiger partial charge in [-0.25, -0.2) is 4.98 Å². The van der Waals surface area contributed by atoms with Crippen molar-refractivity contribution in [2.75, 3.05) is 19.6 Å². The third-order valence-electron chi connectivity index (χ3n) is 2.47. The molecule has 4 nitrogen and oxygen atoms in total. The number of likely N-dealkylation sites (N-methyl/N-ethyl adjacent to an activating group) is 2. The molecule has 0 aliphatic carbocycles. The summed E-state index contributed by atoms with van der Waals surface area (Å²) in [7, 11) is 0. The van der Waals surface area contributed by atoms with Crippen LogP contribution in [-0.2, 0) is 11.3 Å². The van der Waals surface area contributed by atoms with Crippen LogP contribution in [0.3, 0.4) is 0 Å². The summed E-state index contributed by atoms with van der Waals surface area (Å²) in [5, 5.41) is 3.53. The molecule has 0 radical (unpaired) electrons. The molecular formula is C12H17Cl2N3O. The number of pyridine rings is 1. The first-order chi connectivity index (χ1) is 8.56. The average Bonchev–Trinajstić information content (AvgIpc) is 2.31. The number of hydrogen-bond donors (Lipinski definition) is 1. The smallest absolute Gasteiger partial charge is 0.234 e. The SMILES string of the molecule is CCNC(=O)CN(CC)Cc1ccc(Cl)nc1Cl. The van der Waals surface area contributed by atoms with Gasteiger partial charge in [0.15, 0.2) is 0 Å². The minimum Gasteiger partial charge on any atom is -0.355 e. The van der Waals surface area contributed by atoms with Crippen molar-refractivity contribution in [3.63, 3.8) is 0 Å². The van der Waals surface area contributed by atoms with Crippen LogP contribution in [0.2, 0.25) is 10.3 Å². The molecule has 6 heteroatoms. The summed E-state index contributed by atoms with van der Waals surface area (Å²) in [6.07, 6.45) is 0. The van der Waals surface area contributed by atoms with Gasteiger partial charge in [-0.05, 0) is 19.5 Å². The summed E-state index contributed by atoms with van der Waals surface area (Å²) in [5.74, 6) is 0.0115. The second-order valence-electron chi connectivity index (χ2n) is 3.84. The van der Waals surface area contributed by atoms with Gasteiger partial charge in [-0.1, -0.05) is 36.2 Å². The molecule has 0 atom stereocenters. The molecule has 1 N–H and O–H groups in total. The molecule has 0 spiro atoms. The first-order valence-electron chi connectivity index (χ1n) is 5.86. The van der Waals surface area contributed by atoms with Gasteiger partial charge < -0.3 is 5.32 Å². The highest BCUT2D eigenvalue weighted by Crippen LogP contribution is 2.18. The minimum atomic E-state index is 0.0115. The fourth-order valence-corrected chi connectivity index (χ4v) is 1.94. The molecule has 100 valence electrons. The lowest BCUT2D eigenvalue weighted by Crippen LogP contribution is -2.36. The Hall–Kier alpha value is -0.840. The predicted molar refractivity (Wildman–Crippen MR) is 73.9 cm³/mol. The third kappa shape index (κ3) is 4.80. The van der Waals surface area contributed by atoms with Gasteiger partial charge >= 0.3 is 0 Å². The molecule has 1 aromatic heterocycles. The van der Waals surface area contributed by atoms with E-state index >= 15 is 0 Å². The maximum absolute atomic E-state index is 11.5. The Morgan fingerprint density at radius 1 is 1.39 bits per heavy atom. The lowest BCUT2D eigenvalue weighted by molar-refractivity contribution is -0.122. The fourth-order valence-electron chi connectivity index (χ4n) is 1.54. The normalized spacial score (nSPS) is 10.7. The van der Waals surface area contributed by atoms with Crippen molar-refractivity contribution in [1.82, 2.24) is 15.2 Å². The maximum atomic E-state index is 11.5. The molecule has 1 heterocycles. The Morgan fingerprint density at radius 3 is 2.67 bits per heavy atom. The van der Waals surface area contributed by atoms with Gasteiger partial charge in [-0.2, -0.15) is 0 Å². The second kappa shape index (κ2) is 7.56. The minimum absolute atomic E-state index is 0.0115. The van der Waals surface area contributed by atoms with E-state index in [1.165, 1.54) is 0 Å². The molecule has 0 saturated heterocycles. The molecule has 0 fully saturated rings. The van der Waals surface area contributed by atoms with Crippen molar-refractivity contribution < 1.29 is 4.79 Å². The van der Waals surface area contributed by atoms with E-state index in [1.54, 1.807) is 6.07 Å². The monoisotopic (exact) mass is 289 g/mol. The van der Waals surface area contributed by atoms with Crippen LogP contribution in [0, 0.1) is 0 Å². The van der Waals surface area contributed by atoms with Crippen molar-refractivity contribution in [2.24, 2.45) is 0 Å². The van der Waals surface area contributed by atoms with Gasteiger partial charge in [0.2, 0.25) is 5.91 Å². The lowest BCUT2D eigenvalue weighted by Gasteiger charge is -2.20. The molecule has 0 aromatic carbocycles. The Labute approximate surface area is 117 Å². The lowest BCUT2D eigenvalue weighted by atomic mass is 10.2. The topological polar surface area (TPSA) is 45.2 Å². The number of nitrogens with zero attached hydrogens (tertiary/aromatic N) is 2. The molecule has 0 aliphatic heterocycles. The zero-order valence-electron chi connectivity index (χ0n) is 10.5. The van der Waals surface area contributed by atoms with Gasteiger partial charge in [0.05, 0.1) is 6.54 Å². The predicted octanol–water partition coefficient (Wildman–Crippen LogP) is 2.35. The summed E-state index contributed by atoms with van der Waals surface area (Å²) in [6.45, 7) is 6.22. The number of halogens is 2. The quantitative estimate of drug-likeness (QED) is 0.818. The van der Waals surface area contributed by atoms with E-state index in [4.69, 9.17) is 23.2 Å². The molecule has 1 amide bonds. The average molecular weight is 290 g/mol. The van der Waals surface area contributed by atoms with E-state index in [0.29, 0.717) is 29.9 Å². The molecule has 0 aliphatic rings. The maximum Gasteiger partial charge on any atom is 0.234 e. The highest BCUT2D eigenvalue weighted by Gasteiger charge is 2.11. The summed E-state index contributed by atoms with van der Waals surface area (Å²) in [6, 6.07) is 3.53. The fraction of sp³-hybridized carbons (Fsp3) is 0.500. The van der Waals surface area contributed by atoms with E-state index in [2.05, 4.69) is 10.3 Å². The van der Waals surface area contributed by atoms with Crippen LogP contribution in [-0.4, -0.2) is 35.4 Å². The van der Waals surface area contributed by atoms with E-state index in [1.807, 2.05) is 24.8 Å².